The molecule has 6 heteroatoms. The zero-order valence-electron chi connectivity index (χ0n) is 14.2. The second kappa shape index (κ2) is 5.68. The molecule has 25 heavy (non-hydrogen) atoms. The molecule has 5 nitrogen and oxygen atoms in total. The SMILES string of the molecule is COC(=O)C1(Cl)OC1C1OC(C)(C)OC1c1cccc2ccccc12. The van der Waals surface area contributed by atoms with Crippen molar-refractivity contribution >= 4 is 28.3 Å². The van der Waals surface area contributed by atoms with Crippen molar-refractivity contribution in [3.05, 3.63) is 48.0 Å². The van der Waals surface area contributed by atoms with Gasteiger partial charge in [-0.1, -0.05) is 54.1 Å². The number of fused-ring (bicyclic) bond motifs is 1. The van der Waals surface area contributed by atoms with Crippen LogP contribution in [0.3, 0.4) is 0 Å². The Morgan fingerprint density at radius 1 is 1.08 bits per heavy atom. The Kier molecular flexibility index (Phi) is 3.81. The highest BCUT2D eigenvalue weighted by atomic mass is 35.5. The molecule has 0 aliphatic carbocycles. The maximum absolute atomic E-state index is 11.9. The van der Waals surface area contributed by atoms with Gasteiger partial charge in [-0.25, -0.2) is 4.79 Å². The predicted octanol–water partition coefficient (Wildman–Crippen LogP) is 3.54. The smallest absolute Gasteiger partial charge is 0.357 e. The summed E-state index contributed by atoms with van der Waals surface area (Å²) in [4.78, 5) is 11.9. The first kappa shape index (κ1) is 16.8. The largest absolute Gasteiger partial charge is 0.466 e. The van der Waals surface area contributed by atoms with Gasteiger partial charge in [0.25, 0.3) is 5.06 Å². The lowest BCUT2D eigenvalue weighted by Crippen LogP contribution is -2.32. The van der Waals surface area contributed by atoms with Crippen LogP contribution in [0.1, 0.15) is 25.5 Å². The van der Waals surface area contributed by atoms with Crippen molar-refractivity contribution in [1.29, 1.82) is 0 Å². The molecule has 2 fully saturated rings. The topological polar surface area (TPSA) is 57.3 Å². The Bertz CT molecular complexity index is 830. The molecule has 0 amide bonds. The number of hydrogen-bond acceptors (Lipinski definition) is 5. The first-order chi connectivity index (χ1) is 11.9. The predicted molar refractivity (Wildman–Crippen MR) is 92.2 cm³/mol. The van der Waals surface area contributed by atoms with E-state index in [1.807, 2.05) is 56.3 Å². The van der Waals surface area contributed by atoms with Crippen LogP contribution in [-0.4, -0.2) is 36.1 Å². The zero-order valence-corrected chi connectivity index (χ0v) is 14.9. The van der Waals surface area contributed by atoms with Crippen molar-refractivity contribution in [2.75, 3.05) is 7.11 Å². The molecule has 0 radical (unpaired) electrons. The van der Waals surface area contributed by atoms with Crippen molar-refractivity contribution in [3.8, 4) is 0 Å². The molecule has 0 bridgehead atoms. The Hall–Kier alpha value is -1.66. The van der Waals surface area contributed by atoms with Gasteiger partial charge < -0.3 is 18.9 Å². The van der Waals surface area contributed by atoms with Gasteiger partial charge in [0.2, 0.25) is 0 Å². The number of rotatable bonds is 3. The minimum Gasteiger partial charge on any atom is -0.466 e. The number of benzene rings is 2. The van der Waals surface area contributed by atoms with Gasteiger partial charge in [0.1, 0.15) is 18.3 Å². The highest BCUT2D eigenvalue weighted by Gasteiger charge is 2.70. The molecule has 4 unspecified atom stereocenters. The summed E-state index contributed by atoms with van der Waals surface area (Å²) >= 11 is 6.27. The van der Waals surface area contributed by atoms with Crippen LogP contribution in [0.15, 0.2) is 42.5 Å². The van der Waals surface area contributed by atoms with Crippen LogP contribution in [-0.2, 0) is 23.7 Å². The lowest BCUT2D eigenvalue weighted by molar-refractivity contribution is -0.149. The molecule has 4 rings (SSSR count). The van der Waals surface area contributed by atoms with E-state index in [2.05, 4.69) is 0 Å². The quantitative estimate of drug-likeness (QED) is 0.475. The van der Waals surface area contributed by atoms with E-state index in [9.17, 15) is 4.79 Å². The summed E-state index contributed by atoms with van der Waals surface area (Å²) in [6.45, 7) is 3.67. The molecule has 2 aliphatic rings. The van der Waals surface area contributed by atoms with E-state index in [1.165, 1.54) is 7.11 Å². The average Bonchev–Trinajstić information content (AvgIpc) is 3.19. The Morgan fingerprint density at radius 2 is 1.80 bits per heavy atom. The molecule has 4 atom stereocenters. The fourth-order valence-corrected chi connectivity index (χ4v) is 3.78. The summed E-state index contributed by atoms with van der Waals surface area (Å²) in [6.07, 6.45) is -1.55. The number of alkyl halides is 1. The zero-order chi connectivity index (χ0) is 17.8. The number of esters is 1. The average molecular weight is 363 g/mol. The molecule has 0 N–H and O–H groups in total. The first-order valence-corrected chi connectivity index (χ1v) is 8.52. The van der Waals surface area contributed by atoms with Crippen molar-refractivity contribution in [3.63, 3.8) is 0 Å². The third kappa shape index (κ3) is 2.72. The van der Waals surface area contributed by atoms with Gasteiger partial charge in [-0.3, -0.25) is 0 Å². The molecule has 0 spiro atoms. The summed E-state index contributed by atoms with van der Waals surface area (Å²) in [5.74, 6) is -1.43. The molecule has 2 saturated heterocycles. The Labute approximate surface area is 150 Å². The maximum Gasteiger partial charge on any atom is 0.357 e. The summed E-state index contributed by atoms with van der Waals surface area (Å²) in [5.41, 5.74) is 0.980. The number of carbonyl (C=O) groups is 1. The van der Waals surface area contributed by atoms with Crippen molar-refractivity contribution in [2.45, 2.75) is 43.0 Å². The number of ether oxygens (including phenoxy) is 4. The van der Waals surface area contributed by atoms with E-state index >= 15 is 0 Å². The van der Waals surface area contributed by atoms with Gasteiger partial charge in [0.15, 0.2) is 5.79 Å². The molecular weight excluding hydrogens is 344 g/mol. The molecule has 2 aliphatic heterocycles. The summed E-state index contributed by atoms with van der Waals surface area (Å²) < 4.78 is 22.4. The van der Waals surface area contributed by atoms with Crippen molar-refractivity contribution < 1.29 is 23.7 Å². The minimum atomic E-state index is -1.51. The van der Waals surface area contributed by atoms with E-state index < -0.39 is 35.1 Å². The van der Waals surface area contributed by atoms with Gasteiger partial charge in [0.05, 0.1) is 7.11 Å². The lowest BCUT2D eigenvalue weighted by Gasteiger charge is -2.18. The normalized spacial score (nSPS) is 33.4. The van der Waals surface area contributed by atoms with Crippen LogP contribution in [0.5, 0.6) is 0 Å². The lowest BCUT2D eigenvalue weighted by atomic mass is 9.95. The van der Waals surface area contributed by atoms with Crippen LogP contribution in [0.25, 0.3) is 10.8 Å². The van der Waals surface area contributed by atoms with E-state index in [0.717, 1.165) is 16.3 Å². The number of methoxy groups -OCH3 is 1. The molecule has 2 heterocycles. The van der Waals surface area contributed by atoms with Gasteiger partial charge in [-0.15, -0.1) is 0 Å². The Morgan fingerprint density at radius 3 is 2.56 bits per heavy atom. The molecule has 0 aromatic heterocycles. The highest BCUT2D eigenvalue weighted by Crippen LogP contribution is 2.53. The fourth-order valence-electron chi connectivity index (χ4n) is 3.48. The van der Waals surface area contributed by atoms with Crippen molar-refractivity contribution in [2.24, 2.45) is 0 Å². The third-order valence-corrected chi connectivity index (χ3v) is 5.09. The second-order valence-electron chi connectivity index (χ2n) is 6.76. The van der Waals surface area contributed by atoms with Gasteiger partial charge in [-0.05, 0) is 30.2 Å². The van der Waals surface area contributed by atoms with Crippen LogP contribution >= 0.6 is 11.6 Å². The number of hydrogen-bond donors (Lipinski definition) is 0. The van der Waals surface area contributed by atoms with E-state index in [1.54, 1.807) is 0 Å². The van der Waals surface area contributed by atoms with Crippen LogP contribution in [0, 0.1) is 0 Å². The van der Waals surface area contributed by atoms with E-state index in [4.69, 9.17) is 30.5 Å². The number of epoxide rings is 1. The van der Waals surface area contributed by atoms with Crippen LogP contribution in [0.4, 0.5) is 0 Å². The highest BCUT2D eigenvalue weighted by molar-refractivity contribution is 6.35. The number of carbonyl (C=O) groups excluding carboxylic acids is 1. The monoisotopic (exact) mass is 362 g/mol. The summed E-state index contributed by atoms with van der Waals surface area (Å²) in [6, 6.07) is 14.1. The number of halogens is 1. The van der Waals surface area contributed by atoms with Crippen LogP contribution < -0.4 is 0 Å². The summed E-state index contributed by atoms with van der Waals surface area (Å²) in [5, 5.41) is 0.667. The molecule has 2 aromatic rings. The molecule has 2 aromatic carbocycles. The molecule has 0 saturated carbocycles. The maximum atomic E-state index is 11.9. The van der Waals surface area contributed by atoms with E-state index in [0.29, 0.717) is 0 Å². The summed E-state index contributed by atoms with van der Waals surface area (Å²) in [7, 11) is 1.28. The van der Waals surface area contributed by atoms with Gasteiger partial charge in [0, 0.05) is 0 Å². The van der Waals surface area contributed by atoms with Gasteiger partial charge in [-0.2, -0.15) is 0 Å². The molecule has 132 valence electrons. The minimum absolute atomic E-state index is 0.406. The Balaban J connectivity index is 1.73. The first-order valence-electron chi connectivity index (χ1n) is 8.14. The van der Waals surface area contributed by atoms with Crippen molar-refractivity contribution in [1.82, 2.24) is 0 Å². The fraction of sp³-hybridized carbons (Fsp3) is 0.421. The second-order valence-corrected chi connectivity index (χ2v) is 7.33. The standard InChI is InChI=1S/C19H19ClO5/c1-18(2)23-14(13-10-6-8-11-7-4-5-9-12(11)13)15(24-18)16-19(20,25-16)17(21)22-3/h4-10,14-16H,1-3H3. The third-order valence-electron chi connectivity index (χ3n) is 4.63. The van der Waals surface area contributed by atoms with Crippen LogP contribution in [0.2, 0.25) is 0 Å². The van der Waals surface area contributed by atoms with Gasteiger partial charge >= 0.3 is 5.97 Å². The van der Waals surface area contributed by atoms with E-state index in [-0.39, 0.29) is 0 Å². The molecular formula is C19H19ClO5.